The first-order chi connectivity index (χ1) is 15.8. The second-order valence-electron chi connectivity index (χ2n) is 10.1. The zero-order valence-corrected chi connectivity index (χ0v) is 21.9. The number of piperazine rings is 1. The Morgan fingerprint density at radius 2 is 1.71 bits per heavy atom. The molecule has 0 aliphatic carbocycles. The molecular weight excluding hydrogens is 474 g/mol. The average Bonchev–Trinajstić information content (AvgIpc) is 2.78. The molecule has 0 radical (unpaired) electrons. The second-order valence-corrected chi connectivity index (χ2v) is 12.4. The van der Waals surface area contributed by atoms with Gasteiger partial charge >= 0.3 is 0 Å². The Bertz CT molecular complexity index is 1200. The number of carbonyl (C=O) groups excluding carboxylic acids is 1. The molecule has 7 nitrogen and oxygen atoms in total. The van der Waals surface area contributed by atoms with Crippen molar-refractivity contribution in [1.29, 1.82) is 0 Å². The Morgan fingerprint density at radius 1 is 1.03 bits per heavy atom. The van der Waals surface area contributed by atoms with Crippen molar-refractivity contribution >= 4 is 38.9 Å². The van der Waals surface area contributed by atoms with Crippen LogP contribution in [-0.2, 0) is 20.2 Å². The minimum absolute atomic E-state index is 0.0358. The van der Waals surface area contributed by atoms with E-state index in [1.807, 2.05) is 37.3 Å². The van der Waals surface area contributed by atoms with Crippen molar-refractivity contribution in [2.75, 3.05) is 48.2 Å². The maximum Gasteiger partial charge on any atom is 0.265 e. The topological polar surface area (TPSA) is 70.2 Å². The number of amides is 1. The van der Waals surface area contributed by atoms with Gasteiger partial charge in [-0.2, -0.15) is 0 Å². The lowest BCUT2D eigenvalue weighted by Crippen LogP contribution is -2.56. The largest absolute Gasteiger partial charge is 0.476 e. The first-order valence-electron chi connectivity index (χ1n) is 11.4. The number of sulfonamides is 1. The molecule has 9 heteroatoms. The third-order valence-electron chi connectivity index (χ3n) is 6.47. The molecule has 1 unspecified atom stereocenters. The van der Waals surface area contributed by atoms with Gasteiger partial charge in [0, 0.05) is 36.9 Å². The lowest BCUT2D eigenvalue weighted by Gasteiger charge is -2.40. The predicted octanol–water partition coefficient (Wildman–Crippen LogP) is 3.82. The first kappa shape index (κ1) is 24.7. The highest BCUT2D eigenvalue weighted by Crippen LogP contribution is 2.39. The average molecular weight is 506 g/mol. The van der Waals surface area contributed by atoms with E-state index in [0.717, 1.165) is 16.8 Å². The summed E-state index contributed by atoms with van der Waals surface area (Å²) in [6, 6.07) is 11.4. The van der Waals surface area contributed by atoms with Crippen molar-refractivity contribution in [1.82, 2.24) is 4.90 Å². The summed E-state index contributed by atoms with van der Waals surface area (Å²) in [5.41, 5.74) is 3.54. The molecule has 34 heavy (non-hydrogen) atoms. The maximum atomic E-state index is 13.4. The molecule has 2 aliphatic rings. The monoisotopic (exact) mass is 505 g/mol. The van der Waals surface area contributed by atoms with Crippen molar-refractivity contribution in [3.63, 3.8) is 0 Å². The summed E-state index contributed by atoms with van der Waals surface area (Å²) in [4.78, 5) is 17.3. The molecule has 0 N–H and O–H groups in total. The van der Waals surface area contributed by atoms with Gasteiger partial charge in [-0.1, -0.05) is 44.5 Å². The third kappa shape index (κ3) is 4.98. The van der Waals surface area contributed by atoms with Crippen LogP contribution in [0.5, 0.6) is 5.75 Å². The number of fused-ring (bicyclic) bond motifs is 1. The molecule has 1 saturated heterocycles. The van der Waals surface area contributed by atoms with Crippen LogP contribution in [0.3, 0.4) is 0 Å². The number of carbonyl (C=O) groups is 1. The highest BCUT2D eigenvalue weighted by atomic mass is 35.5. The first-order valence-corrected chi connectivity index (χ1v) is 13.7. The van der Waals surface area contributed by atoms with Gasteiger partial charge in [0.1, 0.15) is 5.75 Å². The summed E-state index contributed by atoms with van der Waals surface area (Å²) in [7, 11) is -3.59. The minimum atomic E-state index is -3.59. The van der Waals surface area contributed by atoms with Gasteiger partial charge in [-0.25, -0.2) is 8.42 Å². The van der Waals surface area contributed by atoms with Crippen LogP contribution in [0.2, 0.25) is 5.02 Å². The number of ether oxygens (including phenoxy) is 1. The summed E-state index contributed by atoms with van der Waals surface area (Å²) < 4.78 is 32.6. The summed E-state index contributed by atoms with van der Waals surface area (Å²) >= 11 is 6.18. The lowest BCUT2D eigenvalue weighted by molar-refractivity contribution is -0.138. The van der Waals surface area contributed by atoms with Gasteiger partial charge in [-0.05, 0) is 47.7 Å². The van der Waals surface area contributed by atoms with Gasteiger partial charge in [-0.3, -0.25) is 9.10 Å². The zero-order chi connectivity index (χ0) is 24.8. The molecule has 2 aromatic rings. The van der Waals surface area contributed by atoms with Crippen LogP contribution < -0.4 is 13.9 Å². The van der Waals surface area contributed by atoms with Gasteiger partial charge in [-0.15, -0.1) is 0 Å². The van der Waals surface area contributed by atoms with E-state index in [4.69, 9.17) is 16.3 Å². The minimum Gasteiger partial charge on any atom is -0.476 e. The number of rotatable bonds is 3. The van der Waals surface area contributed by atoms with Crippen LogP contribution in [-0.4, -0.2) is 64.3 Å². The molecule has 1 fully saturated rings. The number of hydrogen-bond donors (Lipinski definition) is 0. The van der Waals surface area contributed by atoms with E-state index in [2.05, 4.69) is 25.7 Å². The molecule has 0 bridgehead atoms. The van der Waals surface area contributed by atoms with E-state index >= 15 is 0 Å². The van der Waals surface area contributed by atoms with Crippen molar-refractivity contribution < 1.29 is 17.9 Å². The number of benzene rings is 2. The smallest absolute Gasteiger partial charge is 0.265 e. The van der Waals surface area contributed by atoms with E-state index in [0.29, 0.717) is 42.6 Å². The zero-order valence-electron chi connectivity index (χ0n) is 20.3. The van der Waals surface area contributed by atoms with E-state index < -0.39 is 16.1 Å². The molecule has 4 rings (SSSR count). The van der Waals surface area contributed by atoms with Crippen LogP contribution in [0.1, 0.15) is 31.9 Å². The van der Waals surface area contributed by atoms with E-state index in [1.54, 1.807) is 11.0 Å². The summed E-state index contributed by atoms with van der Waals surface area (Å²) in [5.74, 6) is 0.220. The Kier molecular flexibility index (Phi) is 6.50. The summed E-state index contributed by atoms with van der Waals surface area (Å²) in [5, 5.41) is 0.684. The quantitative estimate of drug-likeness (QED) is 0.634. The van der Waals surface area contributed by atoms with Crippen LogP contribution in [0.4, 0.5) is 11.4 Å². The number of aryl methyl sites for hydroxylation is 1. The number of nitrogens with zero attached hydrogens (tertiary/aromatic N) is 3. The van der Waals surface area contributed by atoms with Gasteiger partial charge < -0.3 is 14.5 Å². The van der Waals surface area contributed by atoms with Gasteiger partial charge in [0.2, 0.25) is 10.0 Å². The van der Waals surface area contributed by atoms with Crippen LogP contribution in [0.25, 0.3) is 0 Å². The molecule has 0 spiro atoms. The fraction of sp³-hybridized carbons (Fsp3) is 0.480. The summed E-state index contributed by atoms with van der Waals surface area (Å²) in [6.07, 6.45) is 0.279. The molecule has 2 heterocycles. The molecule has 0 saturated carbocycles. The number of halogens is 1. The number of anilines is 2. The third-order valence-corrected chi connectivity index (χ3v) is 7.86. The Balaban J connectivity index is 1.52. The Morgan fingerprint density at radius 3 is 2.32 bits per heavy atom. The number of hydrogen-bond acceptors (Lipinski definition) is 5. The molecule has 0 aromatic heterocycles. The van der Waals surface area contributed by atoms with Gasteiger partial charge in [0.05, 0.1) is 18.5 Å². The van der Waals surface area contributed by atoms with Crippen LogP contribution >= 0.6 is 11.6 Å². The predicted molar refractivity (Wildman–Crippen MR) is 137 cm³/mol. The van der Waals surface area contributed by atoms with E-state index in [-0.39, 0.29) is 17.9 Å². The standard InChI is InChI=1S/C25H32ClN3O4S/c1-17-6-8-19(26)15-20(17)27-10-12-28(13-11-27)24(30)23-16-29(34(5,31)32)21-14-18(25(2,3)4)7-9-22(21)33-23/h6-9,14-15,23H,10-13,16H2,1-5H3. The maximum absolute atomic E-state index is 13.4. The van der Waals surface area contributed by atoms with Crippen LogP contribution in [0.15, 0.2) is 36.4 Å². The molecule has 1 atom stereocenters. The molecule has 1 amide bonds. The van der Waals surface area contributed by atoms with Crippen LogP contribution in [0, 0.1) is 6.92 Å². The van der Waals surface area contributed by atoms with Gasteiger partial charge in [0.15, 0.2) is 6.10 Å². The normalized spacial score (nSPS) is 19.0. The fourth-order valence-corrected chi connectivity index (χ4v) is 5.53. The Hall–Kier alpha value is -2.45. The highest BCUT2D eigenvalue weighted by molar-refractivity contribution is 7.92. The molecule has 184 valence electrons. The van der Waals surface area contributed by atoms with Crippen molar-refractivity contribution in [2.24, 2.45) is 0 Å². The molecule has 2 aromatic carbocycles. The van der Waals surface area contributed by atoms with Crippen molar-refractivity contribution in [3.05, 3.63) is 52.5 Å². The Labute approximate surface area is 207 Å². The lowest BCUT2D eigenvalue weighted by atomic mass is 9.86. The molecule has 2 aliphatic heterocycles. The SMILES string of the molecule is Cc1ccc(Cl)cc1N1CCN(C(=O)C2CN(S(C)(=O)=O)c3cc(C(C)(C)C)ccc3O2)CC1. The molecular formula is C25H32ClN3O4S. The van der Waals surface area contributed by atoms with Gasteiger partial charge in [0.25, 0.3) is 5.91 Å². The van der Waals surface area contributed by atoms with E-state index in [9.17, 15) is 13.2 Å². The second kappa shape index (κ2) is 8.96. The summed E-state index contributed by atoms with van der Waals surface area (Å²) in [6.45, 7) is 10.6. The highest BCUT2D eigenvalue weighted by Gasteiger charge is 2.38. The van der Waals surface area contributed by atoms with Crippen molar-refractivity contribution in [2.45, 2.75) is 39.2 Å². The van der Waals surface area contributed by atoms with E-state index in [1.165, 1.54) is 10.6 Å². The van der Waals surface area contributed by atoms with Crippen molar-refractivity contribution in [3.8, 4) is 5.75 Å². The fourth-order valence-electron chi connectivity index (χ4n) is 4.46.